The van der Waals surface area contributed by atoms with Crippen molar-refractivity contribution in [2.24, 2.45) is 11.5 Å². The van der Waals surface area contributed by atoms with Gasteiger partial charge in [0.05, 0.1) is 6.04 Å². The first-order valence-electron chi connectivity index (χ1n) is 8.76. The Morgan fingerprint density at radius 2 is 1.13 bits per heavy atom. The van der Waals surface area contributed by atoms with Crippen LogP contribution in [0, 0.1) is 0 Å². The number of halogens is 4. The van der Waals surface area contributed by atoms with Crippen LogP contribution in [-0.4, -0.2) is 101 Å². The van der Waals surface area contributed by atoms with Crippen LogP contribution in [0.4, 0.5) is 0 Å². The lowest BCUT2D eigenvalue weighted by Crippen LogP contribution is -2.49. The van der Waals surface area contributed by atoms with E-state index in [9.17, 15) is 14.4 Å². The Morgan fingerprint density at radius 3 is 1.53 bits per heavy atom. The summed E-state index contributed by atoms with van der Waals surface area (Å²) in [6.07, 6.45) is 0.321. The number of rotatable bonds is 13. The van der Waals surface area contributed by atoms with Crippen LogP contribution in [0.2, 0.25) is 0 Å². The molecule has 30 heavy (non-hydrogen) atoms. The summed E-state index contributed by atoms with van der Waals surface area (Å²) in [5.41, 5.74) is 11.5. The third kappa shape index (κ3) is 22.1. The van der Waals surface area contributed by atoms with Gasteiger partial charge in [0.25, 0.3) is 0 Å². The van der Waals surface area contributed by atoms with E-state index in [2.05, 4.69) is 16.0 Å². The van der Waals surface area contributed by atoms with Gasteiger partial charge in [-0.25, -0.2) is 0 Å². The molecule has 0 saturated carbocycles. The van der Waals surface area contributed by atoms with Crippen molar-refractivity contribution in [3.8, 4) is 0 Å². The van der Waals surface area contributed by atoms with Crippen molar-refractivity contribution in [2.75, 3.05) is 60.9 Å². The summed E-state index contributed by atoms with van der Waals surface area (Å²) in [6.45, 7) is 2.46. The predicted molar refractivity (Wildman–Crippen MR) is 130 cm³/mol. The van der Waals surface area contributed by atoms with Gasteiger partial charge in [-0.1, -0.05) is 0 Å². The van der Waals surface area contributed by atoms with Crippen molar-refractivity contribution in [3.05, 3.63) is 0 Å². The Morgan fingerprint density at radius 1 is 0.733 bits per heavy atom. The highest BCUT2D eigenvalue weighted by molar-refractivity contribution is 5.86. The molecular weight excluding hydrogens is 480 g/mol. The summed E-state index contributed by atoms with van der Waals surface area (Å²) < 4.78 is 0. The molecule has 14 heteroatoms. The molecule has 0 aliphatic heterocycles. The Balaban J connectivity index is -0.000000521. The summed E-state index contributed by atoms with van der Waals surface area (Å²) in [5, 5.41) is 8.00. The molecule has 0 aromatic rings. The van der Waals surface area contributed by atoms with Gasteiger partial charge in [0.15, 0.2) is 0 Å². The molecule has 0 bridgehead atoms. The lowest BCUT2D eigenvalue weighted by Gasteiger charge is -2.16. The van der Waals surface area contributed by atoms with E-state index in [4.69, 9.17) is 11.5 Å². The molecule has 0 unspecified atom stereocenters. The first kappa shape index (κ1) is 39.8. The van der Waals surface area contributed by atoms with Crippen molar-refractivity contribution < 1.29 is 14.4 Å². The molecule has 0 radical (unpaired) electrons. The molecule has 0 aliphatic carbocycles. The van der Waals surface area contributed by atoms with Gasteiger partial charge in [0.1, 0.15) is 6.04 Å². The van der Waals surface area contributed by atoms with Crippen LogP contribution in [0.25, 0.3) is 0 Å². The van der Waals surface area contributed by atoms with E-state index < -0.39 is 12.1 Å². The predicted octanol–water partition coefficient (Wildman–Crippen LogP) is -1.42. The minimum absolute atomic E-state index is 0. The van der Waals surface area contributed by atoms with Crippen molar-refractivity contribution in [3.63, 3.8) is 0 Å². The van der Waals surface area contributed by atoms with Gasteiger partial charge in [0, 0.05) is 39.1 Å². The third-order valence-corrected chi connectivity index (χ3v) is 3.59. The quantitative estimate of drug-likeness (QED) is 0.201. The molecule has 2 atom stereocenters. The SMILES string of the molecule is CN(C)CCNC(=O)[C@@H](N)CCC(=O)NC[C@H](N)C(=O)NCCN(C)C.Cl.Cl.Cl.Cl. The van der Waals surface area contributed by atoms with Crippen LogP contribution in [0.3, 0.4) is 0 Å². The molecule has 0 aromatic heterocycles. The van der Waals surface area contributed by atoms with Crippen LogP contribution < -0.4 is 27.4 Å². The van der Waals surface area contributed by atoms with Gasteiger partial charge in [-0.15, -0.1) is 49.6 Å². The number of amides is 3. The van der Waals surface area contributed by atoms with Crippen molar-refractivity contribution in [2.45, 2.75) is 24.9 Å². The summed E-state index contributed by atoms with van der Waals surface area (Å²) in [7, 11) is 7.62. The summed E-state index contributed by atoms with van der Waals surface area (Å²) >= 11 is 0. The number of nitrogens with zero attached hydrogens (tertiary/aromatic N) is 2. The molecule has 0 rings (SSSR count). The fraction of sp³-hybridized carbons (Fsp3) is 0.812. The highest BCUT2D eigenvalue weighted by Gasteiger charge is 2.17. The number of nitrogens with one attached hydrogen (secondary N) is 3. The van der Waals surface area contributed by atoms with Gasteiger partial charge >= 0.3 is 0 Å². The number of hydrogen-bond donors (Lipinski definition) is 5. The van der Waals surface area contributed by atoms with Crippen LogP contribution >= 0.6 is 49.6 Å². The largest absolute Gasteiger partial charge is 0.354 e. The standard InChI is InChI=1S/C16H35N7O3.4ClH/c1-22(2)9-7-19-15(25)12(17)5-6-14(24)21-11-13(18)16(26)20-8-10-23(3)4;;;;/h12-13H,5-11,17-18H2,1-4H3,(H,19,25)(H,20,26)(H,21,24);4*1H/t12-,13-;;;;/m0..../s1. The lowest BCUT2D eigenvalue weighted by molar-refractivity contribution is -0.123. The van der Waals surface area contributed by atoms with Crippen molar-refractivity contribution in [1.29, 1.82) is 0 Å². The van der Waals surface area contributed by atoms with Crippen molar-refractivity contribution in [1.82, 2.24) is 25.8 Å². The zero-order chi connectivity index (χ0) is 20.1. The van der Waals surface area contributed by atoms with Crippen LogP contribution in [-0.2, 0) is 14.4 Å². The molecule has 0 fully saturated rings. The number of carbonyl (C=O) groups is 3. The fourth-order valence-electron chi connectivity index (χ4n) is 1.89. The average molecular weight is 519 g/mol. The van der Waals surface area contributed by atoms with Gasteiger partial charge < -0.3 is 37.2 Å². The highest BCUT2D eigenvalue weighted by Crippen LogP contribution is 1.95. The van der Waals surface area contributed by atoms with E-state index in [-0.39, 0.29) is 86.7 Å². The number of nitrogens with two attached hydrogens (primary N) is 2. The first-order chi connectivity index (χ1) is 12.1. The van der Waals surface area contributed by atoms with E-state index in [1.807, 2.05) is 38.0 Å². The Labute approximate surface area is 204 Å². The Bertz CT molecular complexity index is 423. The molecule has 184 valence electrons. The van der Waals surface area contributed by atoms with Gasteiger partial charge in [-0.3, -0.25) is 14.4 Å². The highest BCUT2D eigenvalue weighted by atomic mass is 35.5. The molecule has 0 saturated heterocycles. The van der Waals surface area contributed by atoms with Crippen LogP contribution in [0.15, 0.2) is 0 Å². The second-order valence-electron chi connectivity index (χ2n) is 6.74. The normalized spacial score (nSPS) is 11.6. The molecule has 10 nitrogen and oxygen atoms in total. The second kappa shape index (κ2) is 23.1. The van der Waals surface area contributed by atoms with Crippen molar-refractivity contribution >= 4 is 67.3 Å². The molecule has 0 aromatic carbocycles. The summed E-state index contributed by atoms with van der Waals surface area (Å²) in [4.78, 5) is 39.2. The molecule has 7 N–H and O–H groups in total. The third-order valence-electron chi connectivity index (χ3n) is 3.59. The molecule has 0 spiro atoms. The maximum absolute atomic E-state index is 11.8. The van der Waals surface area contributed by atoms with E-state index in [1.165, 1.54) is 0 Å². The van der Waals surface area contributed by atoms with Gasteiger partial charge in [0.2, 0.25) is 17.7 Å². The molecule has 0 heterocycles. The maximum atomic E-state index is 11.8. The van der Waals surface area contributed by atoms with E-state index in [0.717, 1.165) is 0 Å². The van der Waals surface area contributed by atoms with E-state index in [0.29, 0.717) is 26.2 Å². The monoisotopic (exact) mass is 517 g/mol. The topological polar surface area (TPSA) is 146 Å². The van der Waals surface area contributed by atoms with Gasteiger partial charge in [-0.05, 0) is 34.6 Å². The minimum Gasteiger partial charge on any atom is -0.354 e. The first-order valence-corrected chi connectivity index (χ1v) is 8.76. The Kier molecular flexibility index (Phi) is 30.7. The summed E-state index contributed by atoms with van der Waals surface area (Å²) in [5.74, 6) is -0.890. The fourth-order valence-corrected chi connectivity index (χ4v) is 1.89. The zero-order valence-electron chi connectivity index (χ0n) is 18.0. The van der Waals surface area contributed by atoms with Crippen LogP contribution in [0.1, 0.15) is 12.8 Å². The number of likely N-dealkylation sites (N-methyl/N-ethyl adjacent to an activating group) is 2. The van der Waals surface area contributed by atoms with E-state index >= 15 is 0 Å². The van der Waals surface area contributed by atoms with Gasteiger partial charge in [-0.2, -0.15) is 0 Å². The number of carbonyl (C=O) groups excluding carboxylic acids is 3. The minimum atomic E-state index is -0.816. The zero-order valence-corrected chi connectivity index (χ0v) is 21.3. The molecular formula is C16H39Cl4N7O3. The second-order valence-corrected chi connectivity index (χ2v) is 6.74. The summed E-state index contributed by atoms with van der Waals surface area (Å²) in [6, 6.07) is -1.56. The smallest absolute Gasteiger partial charge is 0.238 e. The molecule has 3 amide bonds. The van der Waals surface area contributed by atoms with E-state index in [1.54, 1.807) is 0 Å². The van der Waals surface area contributed by atoms with Crippen LogP contribution in [0.5, 0.6) is 0 Å². The lowest BCUT2D eigenvalue weighted by atomic mass is 10.1. The number of hydrogen-bond acceptors (Lipinski definition) is 7. The maximum Gasteiger partial charge on any atom is 0.238 e. The molecule has 0 aliphatic rings. The Hall–Kier alpha value is -0.590. The average Bonchev–Trinajstić information content (AvgIpc) is 2.56.